The molecule has 0 radical (unpaired) electrons. The lowest BCUT2D eigenvalue weighted by molar-refractivity contribution is 0.0949. The number of hydrogen-bond acceptors (Lipinski definition) is 6. The summed E-state index contributed by atoms with van der Waals surface area (Å²) in [5, 5.41) is 7.44. The first-order valence-electron chi connectivity index (χ1n) is 12.0. The summed E-state index contributed by atoms with van der Waals surface area (Å²) in [4.78, 5) is 26.8. The van der Waals surface area contributed by atoms with Gasteiger partial charge in [-0.05, 0) is 75.4 Å². The summed E-state index contributed by atoms with van der Waals surface area (Å²) in [5.41, 5.74) is 2.49. The average molecular weight is 447 g/mol. The predicted molar refractivity (Wildman–Crippen MR) is 134 cm³/mol. The van der Waals surface area contributed by atoms with E-state index in [1.54, 1.807) is 0 Å². The number of rotatable bonds is 10. The Balaban J connectivity index is 1.44. The molecule has 2 aromatic carbocycles. The van der Waals surface area contributed by atoms with Gasteiger partial charge in [-0.15, -0.1) is 0 Å². The van der Waals surface area contributed by atoms with Crippen molar-refractivity contribution < 1.29 is 4.79 Å². The second kappa shape index (κ2) is 11.2. The molecule has 7 nitrogen and oxygen atoms in total. The molecule has 1 aromatic heterocycles. The molecule has 0 unspecified atom stereocenters. The monoisotopic (exact) mass is 446 g/mol. The zero-order chi connectivity index (χ0) is 23.0. The molecule has 0 atom stereocenters. The van der Waals surface area contributed by atoms with Gasteiger partial charge >= 0.3 is 0 Å². The highest BCUT2D eigenvalue weighted by Gasteiger charge is 2.15. The first-order valence-corrected chi connectivity index (χ1v) is 12.0. The number of amides is 1. The number of benzene rings is 2. The van der Waals surface area contributed by atoms with Crippen molar-refractivity contribution in [2.24, 2.45) is 0 Å². The van der Waals surface area contributed by atoms with Crippen LogP contribution in [0.25, 0.3) is 10.9 Å². The van der Waals surface area contributed by atoms with Crippen LogP contribution in [0.2, 0.25) is 0 Å². The maximum Gasteiger partial charge on any atom is 0.251 e. The Labute approximate surface area is 196 Å². The van der Waals surface area contributed by atoms with Crippen LogP contribution in [-0.2, 0) is 6.54 Å². The minimum absolute atomic E-state index is 0.0471. The van der Waals surface area contributed by atoms with Gasteiger partial charge in [0.15, 0.2) is 0 Å². The van der Waals surface area contributed by atoms with E-state index >= 15 is 0 Å². The van der Waals surface area contributed by atoms with Crippen molar-refractivity contribution >= 4 is 28.3 Å². The molecule has 0 bridgehead atoms. The number of carbonyl (C=O) groups excluding carboxylic acids is 1. The molecule has 4 rings (SSSR count). The summed E-state index contributed by atoms with van der Waals surface area (Å²) in [5.74, 6) is 1.59. The van der Waals surface area contributed by atoms with E-state index in [0.717, 1.165) is 67.5 Å². The molecule has 174 valence electrons. The lowest BCUT2D eigenvalue weighted by Gasteiger charge is -2.18. The summed E-state index contributed by atoms with van der Waals surface area (Å²) < 4.78 is 0. The molecule has 1 fully saturated rings. The van der Waals surface area contributed by atoms with E-state index in [0.29, 0.717) is 12.1 Å². The van der Waals surface area contributed by atoms with Crippen LogP contribution in [0.3, 0.4) is 0 Å². The Hall–Kier alpha value is -3.03. The van der Waals surface area contributed by atoms with Crippen molar-refractivity contribution in [1.82, 2.24) is 25.1 Å². The number of fused-ring (bicyclic) bond motifs is 1. The molecule has 0 saturated carbocycles. The summed E-state index contributed by atoms with van der Waals surface area (Å²) in [6.07, 6.45) is 2.49. The van der Waals surface area contributed by atoms with Crippen molar-refractivity contribution in [1.29, 1.82) is 0 Å². The molecule has 2 N–H and O–H groups in total. The smallest absolute Gasteiger partial charge is 0.251 e. The Bertz CT molecular complexity index is 1060. The number of aromatic nitrogens is 2. The van der Waals surface area contributed by atoms with Crippen molar-refractivity contribution in [2.75, 3.05) is 44.6 Å². The van der Waals surface area contributed by atoms with Crippen LogP contribution < -0.4 is 10.6 Å². The first-order chi connectivity index (χ1) is 16.2. The fourth-order valence-electron chi connectivity index (χ4n) is 4.24. The Kier molecular flexibility index (Phi) is 7.86. The molecule has 33 heavy (non-hydrogen) atoms. The van der Waals surface area contributed by atoms with E-state index in [9.17, 15) is 4.79 Å². The van der Waals surface area contributed by atoms with Crippen LogP contribution in [0.5, 0.6) is 0 Å². The van der Waals surface area contributed by atoms with Crippen LogP contribution in [-0.4, -0.2) is 64.9 Å². The van der Waals surface area contributed by atoms with Gasteiger partial charge in [0.1, 0.15) is 11.6 Å². The quantitative estimate of drug-likeness (QED) is 0.490. The topological polar surface area (TPSA) is 73.4 Å². The molecule has 0 spiro atoms. The average Bonchev–Trinajstić information content (AvgIpc) is 3.35. The zero-order valence-corrected chi connectivity index (χ0v) is 19.7. The molecule has 0 aliphatic carbocycles. The Morgan fingerprint density at radius 1 is 1.00 bits per heavy atom. The van der Waals surface area contributed by atoms with Gasteiger partial charge in [0.2, 0.25) is 0 Å². The van der Waals surface area contributed by atoms with Gasteiger partial charge in [-0.25, -0.2) is 9.97 Å². The Morgan fingerprint density at radius 3 is 2.45 bits per heavy atom. The zero-order valence-electron chi connectivity index (χ0n) is 19.7. The summed E-state index contributed by atoms with van der Waals surface area (Å²) in [6, 6.07) is 15.6. The number of carbonyl (C=O) groups is 1. The number of hydrogen-bond donors (Lipinski definition) is 2. The Morgan fingerprint density at radius 2 is 1.73 bits per heavy atom. The summed E-state index contributed by atoms with van der Waals surface area (Å²) in [7, 11) is 0. The van der Waals surface area contributed by atoms with Crippen LogP contribution in [0.1, 0.15) is 42.9 Å². The molecule has 1 amide bonds. The maximum atomic E-state index is 12.5. The molecule has 1 aliphatic heterocycles. The van der Waals surface area contributed by atoms with E-state index < -0.39 is 0 Å². The van der Waals surface area contributed by atoms with Gasteiger partial charge in [-0.3, -0.25) is 9.69 Å². The molecular weight excluding hydrogens is 412 g/mol. The minimum atomic E-state index is -0.0471. The number of likely N-dealkylation sites (N-methyl/N-ethyl adjacent to an activating group) is 1. The van der Waals surface area contributed by atoms with Gasteiger partial charge in [-0.2, -0.15) is 0 Å². The van der Waals surface area contributed by atoms with E-state index in [-0.39, 0.29) is 5.91 Å². The third-order valence-corrected chi connectivity index (χ3v) is 6.23. The number of likely N-dealkylation sites (tertiary alicyclic amines) is 1. The maximum absolute atomic E-state index is 12.5. The van der Waals surface area contributed by atoms with E-state index in [2.05, 4.69) is 34.3 Å². The van der Waals surface area contributed by atoms with Crippen molar-refractivity contribution in [3.8, 4) is 0 Å². The van der Waals surface area contributed by atoms with Gasteiger partial charge in [-0.1, -0.05) is 26.0 Å². The number of nitrogens with one attached hydrogen (secondary N) is 2. The largest absolute Gasteiger partial charge is 0.351 e. The van der Waals surface area contributed by atoms with Gasteiger partial charge < -0.3 is 15.5 Å². The van der Waals surface area contributed by atoms with Gasteiger partial charge in [0, 0.05) is 29.7 Å². The first kappa shape index (κ1) is 23.1. The van der Waals surface area contributed by atoms with Crippen LogP contribution in [0, 0.1) is 0 Å². The highest BCUT2D eigenvalue weighted by Crippen LogP contribution is 2.25. The summed E-state index contributed by atoms with van der Waals surface area (Å²) in [6.45, 7) is 10.7. The van der Waals surface area contributed by atoms with Crippen LogP contribution in [0.15, 0.2) is 48.5 Å². The molecule has 7 heteroatoms. The molecular formula is C26H34N6O. The molecule has 2 heterocycles. The lowest BCUT2D eigenvalue weighted by Crippen LogP contribution is -2.34. The van der Waals surface area contributed by atoms with Crippen molar-refractivity contribution in [3.63, 3.8) is 0 Å². The minimum Gasteiger partial charge on any atom is -0.351 e. The lowest BCUT2D eigenvalue weighted by atomic mass is 10.2. The van der Waals surface area contributed by atoms with Crippen LogP contribution >= 0.6 is 0 Å². The third-order valence-electron chi connectivity index (χ3n) is 6.23. The van der Waals surface area contributed by atoms with E-state index in [1.165, 1.54) is 12.8 Å². The molecule has 1 aliphatic rings. The van der Waals surface area contributed by atoms with Crippen molar-refractivity contribution in [3.05, 3.63) is 59.9 Å². The van der Waals surface area contributed by atoms with Gasteiger partial charge in [0.25, 0.3) is 5.91 Å². The van der Waals surface area contributed by atoms with Crippen molar-refractivity contribution in [2.45, 2.75) is 33.2 Å². The molecule has 1 saturated heterocycles. The fourth-order valence-corrected chi connectivity index (χ4v) is 4.24. The number of nitrogens with zero attached hydrogens (tertiary/aromatic N) is 4. The van der Waals surface area contributed by atoms with Gasteiger partial charge in [0.05, 0.1) is 12.1 Å². The molecule has 3 aromatic rings. The number of para-hydroxylation sites is 1. The highest BCUT2D eigenvalue weighted by molar-refractivity contribution is 5.95. The summed E-state index contributed by atoms with van der Waals surface area (Å²) >= 11 is 0. The third kappa shape index (κ3) is 6.06. The predicted octanol–water partition coefficient (Wildman–Crippen LogP) is 4.04. The van der Waals surface area contributed by atoms with E-state index in [1.807, 2.05) is 48.5 Å². The SMILES string of the molecule is CCN(CC)CCNC(=O)c1ccc(Nc2nc(CN3CCCC3)nc3ccccc23)cc1. The second-order valence-corrected chi connectivity index (χ2v) is 8.47. The normalized spacial score (nSPS) is 14.2. The van der Waals surface area contributed by atoms with Crippen LogP contribution in [0.4, 0.5) is 11.5 Å². The standard InChI is InChI=1S/C26H34N6O/c1-3-31(4-2)18-15-27-26(33)20-11-13-21(14-12-20)28-25-22-9-5-6-10-23(22)29-24(30-25)19-32-16-7-8-17-32/h5-6,9-14H,3-4,7-8,15-19H2,1-2H3,(H,27,33)(H,28,29,30). The second-order valence-electron chi connectivity index (χ2n) is 8.47. The fraction of sp³-hybridized carbons (Fsp3) is 0.423. The number of anilines is 2. The van der Waals surface area contributed by atoms with E-state index in [4.69, 9.17) is 9.97 Å². The highest BCUT2D eigenvalue weighted by atomic mass is 16.1.